The normalized spacial score (nSPS) is 15.5. The molecule has 1 N–H and O–H groups in total. The van der Waals surface area contributed by atoms with E-state index in [4.69, 9.17) is 4.74 Å². The zero-order chi connectivity index (χ0) is 28.2. The number of ether oxygens (including phenoxy) is 1. The van der Waals surface area contributed by atoms with Gasteiger partial charge < -0.3 is 24.4 Å². The van der Waals surface area contributed by atoms with Crippen molar-refractivity contribution in [2.24, 2.45) is 5.92 Å². The summed E-state index contributed by atoms with van der Waals surface area (Å²) in [4.78, 5) is 48.5. The minimum absolute atomic E-state index is 0.131. The van der Waals surface area contributed by atoms with Crippen molar-refractivity contribution in [3.63, 3.8) is 0 Å². The van der Waals surface area contributed by atoms with Crippen LogP contribution in [0.1, 0.15) is 13.8 Å². The first-order chi connectivity index (χ1) is 19.4. The monoisotopic (exact) mass is 539 g/mol. The van der Waals surface area contributed by atoms with Crippen LogP contribution in [0, 0.1) is 5.92 Å². The number of hydrogen-bond donors (Lipinski definition) is 1. The van der Waals surface area contributed by atoms with Crippen LogP contribution in [0.5, 0.6) is 5.75 Å². The van der Waals surface area contributed by atoms with Gasteiger partial charge in [-0.1, -0.05) is 30.3 Å². The number of fused-ring (bicyclic) bond motifs is 1. The number of rotatable bonds is 8. The number of hydrogen-bond acceptors (Lipinski definition) is 5. The summed E-state index contributed by atoms with van der Waals surface area (Å²) in [5.41, 5.74) is 2.81. The summed E-state index contributed by atoms with van der Waals surface area (Å²) in [7, 11) is 1.59. The number of nitrogens with zero attached hydrogens (tertiary/aromatic N) is 4. The quantitative estimate of drug-likeness (QED) is 0.362. The number of carbonyl (C=O) groups excluding carboxylic acids is 2. The lowest BCUT2D eigenvalue weighted by Gasteiger charge is -2.30. The molecule has 3 aromatic carbocycles. The lowest BCUT2D eigenvalue weighted by molar-refractivity contribution is -0.136. The van der Waals surface area contributed by atoms with Gasteiger partial charge in [0, 0.05) is 42.9 Å². The molecule has 2 heterocycles. The van der Waals surface area contributed by atoms with E-state index in [0.29, 0.717) is 17.8 Å². The number of para-hydroxylation sites is 3. The standard InChI is InChI=1S/C31H33N5O4/c1-22(2)36(25-13-15-26(40-3)16-14-25)29(37)21-34-18-17-33(24-9-5-4-6-10-24)19-23(30(34)38)20-35-28-12-8-7-11-27(28)32-31(35)39/h4-18,22-23H,19-21H2,1-3H3,(H,32,39). The highest BCUT2D eigenvalue weighted by atomic mass is 16.5. The highest BCUT2D eigenvalue weighted by Gasteiger charge is 2.32. The molecule has 1 unspecified atom stereocenters. The van der Waals surface area contributed by atoms with Gasteiger partial charge in [0.1, 0.15) is 12.3 Å². The molecule has 1 atom stereocenters. The summed E-state index contributed by atoms with van der Waals surface area (Å²) in [6, 6.07) is 24.3. The van der Waals surface area contributed by atoms with Crippen molar-refractivity contribution in [3.05, 3.63) is 102 Å². The Labute approximate surface area is 232 Å². The fraction of sp³-hybridized carbons (Fsp3) is 0.258. The Hall–Kier alpha value is -4.79. The van der Waals surface area contributed by atoms with E-state index < -0.39 is 5.92 Å². The second kappa shape index (κ2) is 11.5. The predicted molar refractivity (Wildman–Crippen MR) is 156 cm³/mol. The summed E-state index contributed by atoms with van der Waals surface area (Å²) in [6.07, 6.45) is 3.49. The summed E-state index contributed by atoms with van der Waals surface area (Å²) in [5, 5.41) is 0. The molecule has 40 heavy (non-hydrogen) atoms. The van der Waals surface area contributed by atoms with Crippen molar-refractivity contribution in [3.8, 4) is 5.75 Å². The van der Waals surface area contributed by atoms with Gasteiger partial charge in [-0.05, 0) is 62.4 Å². The highest BCUT2D eigenvalue weighted by molar-refractivity contribution is 5.98. The molecule has 9 nitrogen and oxygen atoms in total. The Kier molecular flexibility index (Phi) is 7.72. The van der Waals surface area contributed by atoms with Gasteiger partial charge in [0.25, 0.3) is 0 Å². The third kappa shape index (κ3) is 5.49. The van der Waals surface area contributed by atoms with Crippen LogP contribution in [0.3, 0.4) is 0 Å². The number of anilines is 2. The van der Waals surface area contributed by atoms with Crippen molar-refractivity contribution in [2.75, 3.05) is 30.0 Å². The van der Waals surface area contributed by atoms with Gasteiger partial charge in [0.2, 0.25) is 11.8 Å². The van der Waals surface area contributed by atoms with Crippen LogP contribution in [0.4, 0.5) is 11.4 Å². The third-order valence-electron chi connectivity index (χ3n) is 7.09. The van der Waals surface area contributed by atoms with Crippen LogP contribution in [0.15, 0.2) is 96.1 Å². The number of amides is 2. The molecule has 9 heteroatoms. The second-order valence-corrected chi connectivity index (χ2v) is 10.1. The van der Waals surface area contributed by atoms with E-state index in [2.05, 4.69) is 4.98 Å². The third-order valence-corrected chi connectivity index (χ3v) is 7.09. The number of benzene rings is 3. The molecule has 4 aromatic rings. The van der Waals surface area contributed by atoms with Crippen molar-refractivity contribution in [2.45, 2.75) is 26.4 Å². The number of aromatic amines is 1. The number of methoxy groups -OCH3 is 1. The van der Waals surface area contributed by atoms with Gasteiger partial charge in [-0.15, -0.1) is 0 Å². The second-order valence-electron chi connectivity index (χ2n) is 10.1. The lowest BCUT2D eigenvalue weighted by atomic mass is 10.1. The van der Waals surface area contributed by atoms with E-state index in [1.165, 1.54) is 4.90 Å². The van der Waals surface area contributed by atoms with Crippen molar-refractivity contribution in [1.82, 2.24) is 14.5 Å². The molecule has 0 fully saturated rings. The van der Waals surface area contributed by atoms with Gasteiger partial charge in [0.05, 0.1) is 24.1 Å². The minimum atomic E-state index is -0.589. The first kappa shape index (κ1) is 26.8. The smallest absolute Gasteiger partial charge is 0.326 e. The molecular weight excluding hydrogens is 506 g/mol. The Balaban J connectivity index is 1.46. The van der Waals surface area contributed by atoms with E-state index in [1.54, 1.807) is 22.8 Å². The zero-order valence-corrected chi connectivity index (χ0v) is 22.9. The maximum atomic E-state index is 14.0. The number of aromatic nitrogens is 2. The van der Waals surface area contributed by atoms with Crippen LogP contribution in [0.25, 0.3) is 11.0 Å². The van der Waals surface area contributed by atoms with Gasteiger partial charge in [-0.2, -0.15) is 0 Å². The molecule has 1 aliphatic heterocycles. The molecule has 2 amide bonds. The Bertz CT molecular complexity index is 1570. The molecule has 5 rings (SSSR count). The average molecular weight is 540 g/mol. The molecule has 0 spiro atoms. The fourth-order valence-corrected chi connectivity index (χ4v) is 5.13. The summed E-state index contributed by atoms with van der Waals surface area (Å²) in [6.45, 7) is 4.25. The van der Waals surface area contributed by atoms with Gasteiger partial charge in [-0.3, -0.25) is 14.2 Å². The van der Waals surface area contributed by atoms with Crippen molar-refractivity contribution < 1.29 is 14.3 Å². The van der Waals surface area contributed by atoms with E-state index in [0.717, 1.165) is 16.9 Å². The molecule has 1 aliphatic rings. The molecule has 206 valence electrons. The SMILES string of the molecule is COc1ccc(N(C(=O)CN2C=CN(c3ccccc3)CC(Cn3c(=O)[nH]c4ccccc43)C2=O)C(C)C)cc1. The summed E-state index contributed by atoms with van der Waals surface area (Å²) < 4.78 is 6.86. The molecule has 0 saturated heterocycles. The molecule has 0 aliphatic carbocycles. The van der Waals surface area contributed by atoms with Gasteiger partial charge >= 0.3 is 5.69 Å². The van der Waals surface area contributed by atoms with Crippen LogP contribution in [-0.4, -0.2) is 52.5 Å². The van der Waals surface area contributed by atoms with Crippen LogP contribution >= 0.6 is 0 Å². The Morgan fingerprint density at radius 3 is 2.38 bits per heavy atom. The van der Waals surface area contributed by atoms with Crippen LogP contribution in [-0.2, 0) is 16.1 Å². The van der Waals surface area contributed by atoms with E-state index >= 15 is 0 Å². The van der Waals surface area contributed by atoms with E-state index in [1.807, 2.05) is 104 Å². The largest absolute Gasteiger partial charge is 0.497 e. The molecular formula is C31H33N5O4. The summed E-state index contributed by atoms with van der Waals surface area (Å²) in [5.74, 6) is -0.330. The van der Waals surface area contributed by atoms with Crippen molar-refractivity contribution >= 4 is 34.2 Å². The van der Waals surface area contributed by atoms with Crippen LogP contribution < -0.4 is 20.2 Å². The molecule has 0 saturated carbocycles. The molecule has 1 aromatic heterocycles. The minimum Gasteiger partial charge on any atom is -0.497 e. The van der Waals surface area contributed by atoms with E-state index in [-0.39, 0.29) is 36.6 Å². The fourth-order valence-electron chi connectivity index (χ4n) is 5.13. The number of imidazole rings is 1. The first-order valence-corrected chi connectivity index (χ1v) is 13.3. The van der Waals surface area contributed by atoms with Gasteiger partial charge in [0.15, 0.2) is 0 Å². The number of carbonyl (C=O) groups is 2. The maximum Gasteiger partial charge on any atom is 0.326 e. The Morgan fingerprint density at radius 2 is 1.68 bits per heavy atom. The maximum absolute atomic E-state index is 14.0. The van der Waals surface area contributed by atoms with Crippen LogP contribution in [0.2, 0.25) is 0 Å². The highest BCUT2D eigenvalue weighted by Crippen LogP contribution is 2.25. The topological polar surface area (TPSA) is 90.9 Å². The molecule has 0 radical (unpaired) electrons. The number of nitrogens with one attached hydrogen (secondary N) is 1. The summed E-state index contributed by atoms with van der Waals surface area (Å²) >= 11 is 0. The Morgan fingerprint density at radius 1 is 0.975 bits per heavy atom. The predicted octanol–water partition coefficient (Wildman–Crippen LogP) is 4.22. The zero-order valence-electron chi connectivity index (χ0n) is 22.9. The average Bonchev–Trinajstić information content (AvgIpc) is 3.19. The first-order valence-electron chi connectivity index (χ1n) is 13.3. The van der Waals surface area contributed by atoms with Crippen molar-refractivity contribution in [1.29, 1.82) is 0 Å². The van der Waals surface area contributed by atoms with E-state index in [9.17, 15) is 14.4 Å². The van der Waals surface area contributed by atoms with Gasteiger partial charge in [-0.25, -0.2) is 4.79 Å². The lowest BCUT2D eigenvalue weighted by Crippen LogP contribution is -2.46. The number of H-pyrrole nitrogens is 1. The molecule has 0 bridgehead atoms.